The summed E-state index contributed by atoms with van der Waals surface area (Å²) in [6, 6.07) is 6.52. The Morgan fingerprint density at radius 3 is 2.14 bits per heavy atom. The van der Waals surface area contributed by atoms with Crippen LogP contribution in [0.25, 0.3) is 0 Å². The molecule has 0 radical (unpaired) electrons. The van der Waals surface area contributed by atoms with Gasteiger partial charge in [-0.05, 0) is 36.3 Å². The highest BCUT2D eigenvalue weighted by Crippen LogP contribution is 2.21. The van der Waals surface area contributed by atoms with E-state index in [1.165, 1.54) is 0 Å². The third-order valence-electron chi connectivity index (χ3n) is 4.14. The molecule has 0 heterocycles. The average molecular weight is 393 g/mol. The Bertz CT molecular complexity index is 670. The van der Waals surface area contributed by atoms with Crippen LogP contribution in [0.3, 0.4) is 0 Å². The Labute approximate surface area is 165 Å². The number of hydrogen-bond acceptors (Lipinski definition) is 5. The lowest BCUT2D eigenvalue weighted by atomic mass is 9.86. The third kappa shape index (κ3) is 7.28. The van der Waals surface area contributed by atoms with Crippen molar-refractivity contribution in [1.29, 1.82) is 0 Å². The molecule has 8 nitrogen and oxygen atoms in total. The minimum Gasteiger partial charge on any atom is -0.383 e. The minimum atomic E-state index is -1.50. The van der Waals surface area contributed by atoms with E-state index in [-0.39, 0.29) is 17.4 Å². The van der Waals surface area contributed by atoms with Gasteiger partial charge in [-0.25, -0.2) is 4.79 Å². The van der Waals surface area contributed by atoms with Gasteiger partial charge in [0.15, 0.2) is 0 Å². The monoisotopic (exact) mass is 393 g/mol. The maximum Gasteiger partial charge on any atom is 0.349 e. The Balaban J connectivity index is 2.81. The van der Waals surface area contributed by atoms with Gasteiger partial charge < -0.3 is 15.7 Å². The highest BCUT2D eigenvalue weighted by atomic mass is 16.5. The number of aliphatic hydroxyl groups is 1. The first-order valence-electron chi connectivity index (χ1n) is 9.30. The molecule has 2 atom stereocenters. The molecule has 28 heavy (non-hydrogen) atoms. The smallest absolute Gasteiger partial charge is 0.349 e. The third-order valence-corrected chi connectivity index (χ3v) is 4.14. The van der Waals surface area contributed by atoms with Crippen molar-refractivity contribution in [2.45, 2.75) is 59.6 Å². The molecule has 1 aromatic carbocycles. The molecule has 0 unspecified atom stereocenters. The number of anilines is 1. The zero-order chi connectivity index (χ0) is 21.5. The molecule has 0 fully saturated rings. The van der Waals surface area contributed by atoms with Crippen molar-refractivity contribution in [2.75, 3.05) is 5.32 Å². The number of carbonyl (C=O) groups excluding carboxylic acids is 3. The molecule has 0 aromatic heterocycles. The van der Waals surface area contributed by atoms with E-state index in [1.807, 2.05) is 13.8 Å². The Morgan fingerprint density at radius 1 is 1.07 bits per heavy atom. The summed E-state index contributed by atoms with van der Waals surface area (Å²) in [5.74, 6) is -1.36. The summed E-state index contributed by atoms with van der Waals surface area (Å²) in [6.07, 6.45) is -0.811. The Kier molecular flexibility index (Phi) is 8.59. The number of hydroxylamine groups is 2. The maximum absolute atomic E-state index is 12.6. The summed E-state index contributed by atoms with van der Waals surface area (Å²) in [5, 5.41) is 24.7. The second-order valence-corrected chi connectivity index (χ2v) is 8.24. The summed E-state index contributed by atoms with van der Waals surface area (Å²) in [4.78, 5) is 37.0. The zero-order valence-electron chi connectivity index (χ0n) is 17.1. The van der Waals surface area contributed by atoms with Gasteiger partial charge in [-0.3, -0.25) is 14.8 Å². The van der Waals surface area contributed by atoms with Gasteiger partial charge in [0.25, 0.3) is 5.91 Å². The number of para-hydroxylation sites is 1. The number of nitrogens with zero attached hydrogens (tertiary/aromatic N) is 1. The van der Waals surface area contributed by atoms with E-state index in [4.69, 9.17) is 0 Å². The quantitative estimate of drug-likeness (QED) is 0.419. The summed E-state index contributed by atoms with van der Waals surface area (Å²) >= 11 is 0. The number of amides is 4. The van der Waals surface area contributed by atoms with Gasteiger partial charge in [0.2, 0.25) is 5.91 Å². The second-order valence-electron chi connectivity index (χ2n) is 8.24. The van der Waals surface area contributed by atoms with Gasteiger partial charge in [-0.2, -0.15) is 0 Å². The number of carbonyl (C=O) groups is 3. The van der Waals surface area contributed by atoms with Crippen LogP contribution in [0.1, 0.15) is 47.5 Å². The van der Waals surface area contributed by atoms with Gasteiger partial charge in [-0.15, -0.1) is 5.06 Å². The molecule has 0 saturated heterocycles. The fraction of sp³-hybridized carbons (Fsp3) is 0.550. The highest BCUT2D eigenvalue weighted by molar-refractivity contribution is 6.00. The molecule has 0 aliphatic carbocycles. The summed E-state index contributed by atoms with van der Waals surface area (Å²) in [7, 11) is 0. The molecule has 1 rings (SSSR count). The predicted molar refractivity (Wildman–Crippen MR) is 106 cm³/mol. The van der Waals surface area contributed by atoms with Crippen LogP contribution in [-0.4, -0.2) is 45.4 Å². The molecule has 4 amide bonds. The lowest BCUT2D eigenvalue weighted by Crippen LogP contribution is -2.56. The fourth-order valence-electron chi connectivity index (χ4n) is 2.45. The summed E-state index contributed by atoms with van der Waals surface area (Å²) in [5.41, 5.74) is -0.147. The molecule has 1 aromatic rings. The Morgan fingerprint density at radius 2 is 1.64 bits per heavy atom. The van der Waals surface area contributed by atoms with Crippen molar-refractivity contribution in [3.8, 4) is 0 Å². The van der Waals surface area contributed by atoms with Crippen LogP contribution in [0.15, 0.2) is 30.3 Å². The molecule has 0 bridgehead atoms. The van der Waals surface area contributed by atoms with Crippen LogP contribution in [0.5, 0.6) is 0 Å². The lowest BCUT2D eigenvalue weighted by molar-refractivity contribution is -0.163. The number of benzene rings is 1. The van der Waals surface area contributed by atoms with Crippen molar-refractivity contribution >= 4 is 23.5 Å². The van der Waals surface area contributed by atoms with Crippen LogP contribution >= 0.6 is 0 Å². The molecular formula is C20H31N3O5. The van der Waals surface area contributed by atoms with Crippen molar-refractivity contribution < 1.29 is 24.7 Å². The molecule has 0 aliphatic rings. The van der Waals surface area contributed by atoms with Crippen molar-refractivity contribution in [3.63, 3.8) is 0 Å². The van der Waals surface area contributed by atoms with Crippen LogP contribution < -0.4 is 10.6 Å². The van der Waals surface area contributed by atoms with Crippen molar-refractivity contribution in [1.82, 2.24) is 10.4 Å². The van der Waals surface area contributed by atoms with Gasteiger partial charge in [0, 0.05) is 5.69 Å². The van der Waals surface area contributed by atoms with E-state index in [0.717, 1.165) is 0 Å². The molecule has 0 spiro atoms. The van der Waals surface area contributed by atoms with E-state index in [2.05, 4.69) is 10.6 Å². The topological polar surface area (TPSA) is 119 Å². The lowest BCUT2D eigenvalue weighted by Gasteiger charge is -2.31. The van der Waals surface area contributed by atoms with Gasteiger partial charge in [-0.1, -0.05) is 52.8 Å². The number of urea groups is 1. The molecular weight excluding hydrogens is 362 g/mol. The number of imide groups is 1. The molecule has 0 saturated carbocycles. The minimum absolute atomic E-state index is 0.123. The van der Waals surface area contributed by atoms with Gasteiger partial charge >= 0.3 is 6.03 Å². The SMILES string of the molecule is CC(C)CC[C@H](O)C(=O)N(O)C(=O)N[C@H](C(=O)Nc1ccccc1)C(C)(C)C. The van der Waals surface area contributed by atoms with E-state index < -0.39 is 35.4 Å². The normalized spacial score (nSPS) is 13.6. The second kappa shape index (κ2) is 10.2. The first-order chi connectivity index (χ1) is 12.9. The highest BCUT2D eigenvalue weighted by Gasteiger charge is 2.36. The Hall–Kier alpha value is -2.45. The van der Waals surface area contributed by atoms with Gasteiger partial charge in [0.05, 0.1) is 0 Å². The van der Waals surface area contributed by atoms with Crippen LogP contribution in [0.2, 0.25) is 0 Å². The van der Waals surface area contributed by atoms with Crippen molar-refractivity contribution in [3.05, 3.63) is 30.3 Å². The summed E-state index contributed by atoms with van der Waals surface area (Å²) in [6.45, 7) is 9.08. The van der Waals surface area contributed by atoms with Crippen LogP contribution in [0.4, 0.5) is 10.5 Å². The predicted octanol–water partition coefficient (Wildman–Crippen LogP) is 2.76. The van der Waals surface area contributed by atoms with E-state index >= 15 is 0 Å². The molecule has 8 heteroatoms. The standard InChI is InChI=1S/C20H31N3O5/c1-13(2)11-12-15(24)18(26)23(28)19(27)22-16(20(3,4)5)17(25)21-14-9-7-6-8-10-14/h6-10,13,15-16,24,28H,11-12H2,1-5H3,(H,21,25)(H,22,27)/t15-,16+/m0/s1. The van der Waals surface area contributed by atoms with E-state index in [1.54, 1.807) is 51.1 Å². The van der Waals surface area contributed by atoms with E-state index in [0.29, 0.717) is 12.1 Å². The fourth-order valence-corrected chi connectivity index (χ4v) is 2.45. The van der Waals surface area contributed by atoms with Crippen molar-refractivity contribution in [2.24, 2.45) is 11.3 Å². The number of hydrogen-bond donors (Lipinski definition) is 4. The van der Waals surface area contributed by atoms with E-state index in [9.17, 15) is 24.7 Å². The van der Waals surface area contributed by atoms with Crippen LogP contribution in [-0.2, 0) is 9.59 Å². The number of rotatable bonds is 7. The first kappa shape index (κ1) is 23.6. The molecule has 156 valence electrons. The van der Waals surface area contributed by atoms with Crippen LogP contribution in [0, 0.1) is 11.3 Å². The summed E-state index contributed by atoms with van der Waals surface area (Å²) < 4.78 is 0. The zero-order valence-corrected chi connectivity index (χ0v) is 17.1. The number of nitrogens with one attached hydrogen (secondary N) is 2. The number of aliphatic hydroxyl groups excluding tert-OH is 1. The molecule has 4 N–H and O–H groups in total. The molecule has 0 aliphatic heterocycles. The maximum atomic E-state index is 12.6. The average Bonchev–Trinajstić information content (AvgIpc) is 2.62. The largest absolute Gasteiger partial charge is 0.383 e. The van der Waals surface area contributed by atoms with Gasteiger partial charge in [0.1, 0.15) is 12.1 Å². The first-order valence-corrected chi connectivity index (χ1v) is 9.30.